The molecule has 0 N–H and O–H groups in total. The van der Waals surface area contributed by atoms with Crippen molar-refractivity contribution in [2.24, 2.45) is 0 Å². The summed E-state index contributed by atoms with van der Waals surface area (Å²) < 4.78 is 74.1. The highest BCUT2D eigenvalue weighted by molar-refractivity contribution is 14.1. The Bertz CT molecular complexity index is 372. The third-order valence-corrected chi connectivity index (χ3v) is 2.79. The van der Waals surface area contributed by atoms with Crippen molar-refractivity contribution in [3.63, 3.8) is 0 Å². The first-order chi connectivity index (χ1) is 7.51. The lowest BCUT2D eigenvalue weighted by Crippen LogP contribution is -2.11. The number of alkyl halides is 7. The van der Waals surface area contributed by atoms with Crippen molar-refractivity contribution >= 4 is 22.6 Å². The second kappa shape index (κ2) is 4.66. The fraction of sp³-hybridized carbons (Fsp3) is 0.400. The molecule has 1 atom stereocenters. The van der Waals surface area contributed by atoms with E-state index in [1.165, 1.54) is 6.92 Å². The zero-order valence-corrected chi connectivity index (χ0v) is 10.6. The Morgan fingerprint density at radius 2 is 1.24 bits per heavy atom. The maximum Gasteiger partial charge on any atom is 0.416 e. The number of halogens is 7. The lowest BCUT2D eigenvalue weighted by Gasteiger charge is -2.15. The van der Waals surface area contributed by atoms with Crippen LogP contribution < -0.4 is 0 Å². The summed E-state index contributed by atoms with van der Waals surface area (Å²) in [4.78, 5) is 0. The van der Waals surface area contributed by atoms with Gasteiger partial charge in [-0.05, 0) is 30.7 Å². The Morgan fingerprint density at radius 1 is 0.882 bits per heavy atom. The molecule has 0 nitrogen and oxygen atoms in total. The van der Waals surface area contributed by atoms with Crippen molar-refractivity contribution in [3.05, 3.63) is 34.9 Å². The van der Waals surface area contributed by atoms with Crippen molar-refractivity contribution in [2.45, 2.75) is 23.2 Å². The molecule has 7 heteroatoms. The lowest BCUT2D eigenvalue weighted by molar-refractivity contribution is -0.143. The van der Waals surface area contributed by atoms with Crippen LogP contribution in [0.5, 0.6) is 0 Å². The maximum atomic E-state index is 12.4. The van der Waals surface area contributed by atoms with E-state index < -0.39 is 27.4 Å². The van der Waals surface area contributed by atoms with Gasteiger partial charge in [0.2, 0.25) is 0 Å². The first kappa shape index (κ1) is 14.6. The van der Waals surface area contributed by atoms with Crippen LogP contribution in [0.2, 0.25) is 0 Å². The van der Waals surface area contributed by atoms with Gasteiger partial charge in [-0.2, -0.15) is 26.3 Å². The van der Waals surface area contributed by atoms with E-state index in [2.05, 4.69) is 0 Å². The van der Waals surface area contributed by atoms with Crippen LogP contribution in [0.15, 0.2) is 18.2 Å². The van der Waals surface area contributed by atoms with E-state index in [9.17, 15) is 26.3 Å². The maximum absolute atomic E-state index is 12.4. The number of hydrogen-bond donors (Lipinski definition) is 0. The summed E-state index contributed by atoms with van der Waals surface area (Å²) in [6, 6.07) is 1.61. The van der Waals surface area contributed by atoms with Crippen LogP contribution >= 0.6 is 22.6 Å². The molecule has 17 heavy (non-hydrogen) atoms. The molecule has 0 heterocycles. The Hall–Kier alpha value is -0.470. The zero-order chi connectivity index (χ0) is 13.4. The lowest BCUT2D eigenvalue weighted by atomic mass is 10.0. The van der Waals surface area contributed by atoms with E-state index in [1.807, 2.05) is 0 Å². The van der Waals surface area contributed by atoms with E-state index >= 15 is 0 Å². The first-order valence-corrected chi connectivity index (χ1v) is 5.70. The molecule has 0 radical (unpaired) electrons. The standard InChI is InChI=1S/C10H7F6I/c1-5(17)6-2-7(9(11,12)13)4-8(3-6)10(14,15)16/h2-5H,1H3/t5-/m1/s1. The average molecular weight is 368 g/mol. The van der Waals surface area contributed by atoms with Crippen molar-refractivity contribution in [1.82, 2.24) is 0 Å². The topological polar surface area (TPSA) is 0 Å². The van der Waals surface area contributed by atoms with Gasteiger partial charge in [0.1, 0.15) is 0 Å². The number of benzene rings is 1. The number of hydrogen-bond acceptors (Lipinski definition) is 0. The van der Waals surface area contributed by atoms with Gasteiger partial charge in [-0.3, -0.25) is 0 Å². The minimum atomic E-state index is -4.78. The van der Waals surface area contributed by atoms with Crippen molar-refractivity contribution < 1.29 is 26.3 Å². The van der Waals surface area contributed by atoms with Crippen LogP contribution in [-0.4, -0.2) is 0 Å². The number of rotatable bonds is 1. The molecule has 0 aromatic heterocycles. The van der Waals surface area contributed by atoms with Gasteiger partial charge in [0, 0.05) is 3.92 Å². The summed E-state index contributed by atoms with van der Waals surface area (Å²) in [6.45, 7) is 1.52. The summed E-state index contributed by atoms with van der Waals surface area (Å²) in [5.41, 5.74) is -2.54. The first-order valence-electron chi connectivity index (χ1n) is 4.45. The van der Waals surface area contributed by atoms with Crippen LogP contribution in [0.4, 0.5) is 26.3 Å². The third kappa shape index (κ3) is 3.75. The fourth-order valence-electron chi connectivity index (χ4n) is 1.21. The molecular formula is C10H7F6I. The molecule has 0 amide bonds. The highest BCUT2D eigenvalue weighted by Crippen LogP contribution is 2.38. The van der Waals surface area contributed by atoms with Gasteiger partial charge < -0.3 is 0 Å². The zero-order valence-electron chi connectivity index (χ0n) is 8.46. The van der Waals surface area contributed by atoms with Gasteiger partial charge in [-0.15, -0.1) is 0 Å². The molecule has 1 rings (SSSR count). The molecule has 0 aliphatic heterocycles. The molecule has 0 saturated heterocycles. The van der Waals surface area contributed by atoms with Gasteiger partial charge >= 0.3 is 12.4 Å². The van der Waals surface area contributed by atoms with Crippen molar-refractivity contribution in [2.75, 3.05) is 0 Å². The van der Waals surface area contributed by atoms with Crippen molar-refractivity contribution in [1.29, 1.82) is 0 Å². The van der Waals surface area contributed by atoms with Gasteiger partial charge in [0.05, 0.1) is 11.1 Å². The van der Waals surface area contributed by atoms with Crippen LogP contribution in [-0.2, 0) is 12.4 Å². The van der Waals surface area contributed by atoms with Crippen LogP contribution in [0.1, 0.15) is 27.5 Å². The molecule has 0 saturated carbocycles. The second-order valence-electron chi connectivity index (χ2n) is 3.46. The molecule has 0 fully saturated rings. The Balaban J connectivity index is 3.40. The summed E-state index contributed by atoms with van der Waals surface area (Å²) >= 11 is 1.76. The molecule has 0 aliphatic carbocycles. The highest BCUT2D eigenvalue weighted by atomic mass is 127. The van der Waals surface area contributed by atoms with E-state index in [4.69, 9.17) is 0 Å². The normalized spacial score (nSPS) is 14.8. The monoisotopic (exact) mass is 368 g/mol. The quantitative estimate of drug-likeness (QED) is 0.362. The Kier molecular flexibility index (Phi) is 4.00. The van der Waals surface area contributed by atoms with Crippen molar-refractivity contribution in [3.8, 4) is 0 Å². The molecule has 0 bridgehead atoms. The largest absolute Gasteiger partial charge is 0.416 e. The molecule has 0 aliphatic rings. The summed E-state index contributed by atoms with van der Waals surface area (Å²) in [5.74, 6) is 0. The van der Waals surface area contributed by atoms with E-state index in [0.717, 1.165) is 12.1 Å². The Morgan fingerprint density at radius 3 is 1.47 bits per heavy atom. The summed E-state index contributed by atoms with van der Waals surface area (Å²) in [6.07, 6.45) is -9.55. The van der Waals surface area contributed by atoms with Gasteiger partial charge in [0.15, 0.2) is 0 Å². The van der Waals surface area contributed by atoms with E-state index in [1.54, 1.807) is 22.6 Å². The highest BCUT2D eigenvalue weighted by Gasteiger charge is 2.37. The van der Waals surface area contributed by atoms with Crippen LogP contribution in [0, 0.1) is 0 Å². The van der Waals surface area contributed by atoms with Crippen LogP contribution in [0.25, 0.3) is 0 Å². The predicted octanol–water partition coefficient (Wildman–Crippen LogP) is 5.22. The predicted molar refractivity (Wildman–Crippen MR) is 58.9 cm³/mol. The molecule has 1 aromatic carbocycles. The van der Waals surface area contributed by atoms with Gasteiger partial charge in [-0.1, -0.05) is 22.6 Å². The third-order valence-electron chi connectivity index (χ3n) is 2.07. The minimum absolute atomic E-state index is 0.00718. The molecular weight excluding hydrogens is 361 g/mol. The molecule has 96 valence electrons. The molecule has 1 aromatic rings. The fourth-order valence-corrected chi connectivity index (χ4v) is 1.57. The van der Waals surface area contributed by atoms with E-state index in [0.29, 0.717) is 0 Å². The van der Waals surface area contributed by atoms with Gasteiger partial charge in [0.25, 0.3) is 0 Å². The summed E-state index contributed by atoms with van der Waals surface area (Å²) in [7, 11) is 0. The average Bonchev–Trinajstić information content (AvgIpc) is 2.14. The molecule has 0 spiro atoms. The SMILES string of the molecule is C[C@@H](I)c1cc(C(F)(F)F)cc(C(F)(F)F)c1. The van der Waals surface area contributed by atoms with Crippen LogP contribution in [0.3, 0.4) is 0 Å². The Labute approximate surface area is 107 Å². The summed E-state index contributed by atoms with van der Waals surface area (Å²) in [5, 5.41) is 0. The van der Waals surface area contributed by atoms with E-state index in [-0.39, 0.29) is 11.6 Å². The molecule has 0 unspecified atom stereocenters. The smallest absolute Gasteiger partial charge is 0.166 e. The second-order valence-corrected chi connectivity index (χ2v) is 5.32. The minimum Gasteiger partial charge on any atom is -0.166 e. The van der Waals surface area contributed by atoms with Gasteiger partial charge in [-0.25, -0.2) is 0 Å².